The molecule has 124 valence electrons. The Morgan fingerprint density at radius 1 is 1.33 bits per heavy atom. The summed E-state index contributed by atoms with van der Waals surface area (Å²) < 4.78 is 5.48. The fourth-order valence-corrected chi connectivity index (χ4v) is 3.21. The van der Waals surface area contributed by atoms with Crippen LogP contribution in [0, 0.1) is 6.92 Å². The molecule has 0 unspecified atom stereocenters. The summed E-state index contributed by atoms with van der Waals surface area (Å²) in [6.45, 7) is 4.38. The first-order chi connectivity index (χ1) is 11.6. The maximum Gasteiger partial charge on any atom is 0.254 e. The van der Waals surface area contributed by atoms with Crippen LogP contribution in [-0.4, -0.2) is 39.6 Å². The second-order valence-electron chi connectivity index (χ2n) is 5.63. The van der Waals surface area contributed by atoms with Crippen LogP contribution in [-0.2, 0) is 0 Å². The van der Waals surface area contributed by atoms with Gasteiger partial charge in [0.1, 0.15) is 0 Å². The smallest absolute Gasteiger partial charge is 0.254 e. The molecule has 0 saturated carbocycles. The molecule has 1 atom stereocenters. The Bertz CT molecular complexity index is 829. The van der Waals surface area contributed by atoms with Crippen LogP contribution >= 0.6 is 11.3 Å². The standard InChI is InChI=1S/C17H18N4O2S/c1-11(16-18-8-9-24-16)10-21(3)17(22)14-7-5-4-6-13(14)15-20-19-12(2)23-15/h4-9,11H,10H2,1-3H3/t11-/m0/s1. The maximum absolute atomic E-state index is 12.9. The quantitative estimate of drug-likeness (QED) is 0.711. The molecule has 0 aliphatic carbocycles. The molecule has 24 heavy (non-hydrogen) atoms. The van der Waals surface area contributed by atoms with Gasteiger partial charge in [0.25, 0.3) is 5.91 Å². The molecule has 0 aliphatic rings. The number of aromatic nitrogens is 3. The third-order valence-electron chi connectivity index (χ3n) is 3.68. The number of hydrogen-bond donors (Lipinski definition) is 0. The van der Waals surface area contributed by atoms with Crippen LogP contribution < -0.4 is 0 Å². The summed E-state index contributed by atoms with van der Waals surface area (Å²) >= 11 is 1.60. The zero-order valence-electron chi connectivity index (χ0n) is 13.8. The molecule has 2 aromatic heterocycles. The minimum absolute atomic E-state index is 0.0788. The third-order valence-corrected chi connectivity index (χ3v) is 4.69. The third kappa shape index (κ3) is 3.35. The molecule has 0 spiro atoms. The molecule has 3 aromatic rings. The Kier molecular flexibility index (Phi) is 4.71. The predicted octanol–water partition coefficient (Wildman–Crippen LogP) is 3.38. The molecule has 0 radical (unpaired) electrons. The highest BCUT2D eigenvalue weighted by Crippen LogP contribution is 2.25. The zero-order chi connectivity index (χ0) is 17.1. The van der Waals surface area contributed by atoms with Gasteiger partial charge in [0.2, 0.25) is 11.8 Å². The van der Waals surface area contributed by atoms with E-state index in [0.29, 0.717) is 29.5 Å². The molecule has 1 aromatic carbocycles. The molecule has 2 heterocycles. The largest absolute Gasteiger partial charge is 0.421 e. The van der Waals surface area contributed by atoms with E-state index in [-0.39, 0.29) is 11.8 Å². The SMILES string of the molecule is Cc1nnc(-c2ccccc2C(=O)N(C)C[C@H](C)c2nccs2)o1. The lowest BCUT2D eigenvalue weighted by Crippen LogP contribution is -2.30. The summed E-state index contributed by atoms with van der Waals surface area (Å²) in [5, 5.41) is 10.8. The van der Waals surface area contributed by atoms with Crippen molar-refractivity contribution in [3.63, 3.8) is 0 Å². The maximum atomic E-state index is 12.9. The van der Waals surface area contributed by atoms with Crippen molar-refractivity contribution < 1.29 is 9.21 Å². The van der Waals surface area contributed by atoms with Gasteiger partial charge in [-0.05, 0) is 12.1 Å². The molecule has 1 amide bonds. The lowest BCUT2D eigenvalue weighted by molar-refractivity contribution is 0.0788. The molecule has 0 aliphatic heterocycles. The van der Waals surface area contributed by atoms with Gasteiger partial charge in [-0.25, -0.2) is 4.98 Å². The van der Waals surface area contributed by atoms with Crippen molar-refractivity contribution in [2.45, 2.75) is 19.8 Å². The monoisotopic (exact) mass is 342 g/mol. The van der Waals surface area contributed by atoms with Gasteiger partial charge in [-0.3, -0.25) is 4.79 Å². The summed E-state index contributed by atoms with van der Waals surface area (Å²) in [5.74, 6) is 0.928. The molecule has 0 bridgehead atoms. The van der Waals surface area contributed by atoms with E-state index in [4.69, 9.17) is 4.42 Å². The average Bonchev–Trinajstić information content (AvgIpc) is 3.25. The van der Waals surface area contributed by atoms with Crippen molar-refractivity contribution in [1.29, 1.82) is 0 Å². The number of benzene rings is 1. The van der Waals surface area contributed by atoms with E-state index in [1.807, 2.05) is 23.6 Å². The minimum Gasteiger partial charge on any atom is -0.421 e. The highest BCUT2D eigenvalue weighted by molar-refractivity contribution is 7.09. The summed E-state index contributed by atoms with van der Waals surface area (Å²) in [4.78, 5) is 18.9. The number of hydrogen-bond acceptors (Lipinski definition) is 6. The Morgan fingerprint density at radius 2 is 2.12 bits per heavy atom. The first-order valence-corrected chi connectivity index (χ1v) is 8.48. The van der Waals surface area contributed by atoms with Crippen LogP contribution in [0.3, 0.4) is 0 Å². The second kappa shape index (κ2) is 6.92. The van der Waals surface area contributed by atoms with E-state index in [1.165, 1.54) is 0 Å². The molecular weight excluding hydrogens is 324 g/mol. The Hall–Kier alpha value is -2.54. The van der Waals surface area contributed by atoms with Crippen LogP contribution in [0.4, 0.5) is 0 Å². The lowest BCUT2D eigenvalue weighted by atomic mass is 10.1. The number of carbonyl (C=O) groups excluding carboxylic acids is 1. The highest BCUT2D eigenvalue weighted by atomic mass is 32.1. The van der Waals surface area contributed by atoms with Gasteiger partial charge >= 0.3 is 0 Å². The van der Waals surface area contributed by atoms with Gasteiger partial charge in [0.05, 0.1) is 16.1 Å². The van der Waals surface area contributed by atoms with Crippen molar-refractivity contribution in [1.82, 2.24) is 20.1 Å². The molecule has 0 saturated heterocycles. The van der Waals surface area contributed by atoms with E-state index in [0.717, 1.165) is 5.01 Å². The van der Waals surface area contributed by atoms with Crippen molar-refractivity contribution in [2.75, 3.05) is 13.6 Å². The van der Waals surface area contributed by atoms with Gasteiger partial charge in [0.15, 0.2) is 0 Å². The summed E-state index contributed by atoms with van der Waals surface area (Å²) in [7, 11) is 1.79. The van der Waals surface area contributed by atoms with Gasteiger partial charge < -0.3 is 9.32 Å². The van der Waals surface area contributed by atoms with Crippen molar-refractivity contribution in [3.05, 3.63) is 52.3 Å². The summed E-state index contributed by atoms with van der Waals surface area (Å²) in [6, 6.07) is 7.28. The van der Waals surface area contributed by atoms with E-state index >= 15 is 0 Å². The fraction of sp³-hybridized carbons (Fsp3) is 0.294. The molecule has 7 heteroatoms. The second-order valence-corrected chi connectivity index (χ2v) is 6.56. The molecule has 0 fully saturated rings. The van der Waals surface area contributed by atoms with Gasteiger partial charge in [-0.1, -0.05) is 19.1 Å². The Labute approximate surface area is 144 Å². The first kappa shape index (κ1) is 16.3. The van der Waals surface area contributed by atoms with Gasteiger partial charge in [-0.15, -0.1) is 21.5 Å². The van der Waals surface area contributed by atoms with E-state index in [1.54, 1.807) is 42.5 Å². The Morgan fingerprint density at radius 3 is 2.79 bits per heavy atom. The van der Waals surface area contributed by atoms with E-state index in [2.05, 4.69) is 22.1 Å². The number of thiazole rings is 1. The van der Waals surface area contributed by atoms with Crippen molar-refractivity contribution in [2.24, 2.45) is 0 Å². The Balaban J connectivity index is 1.82. The van der Waals surface area contributed by atoms with Crippen LogP contribution in [0.2, 0.25) is 0 Å². The van der Waals surface area contributed by atoms with Crippen molar-refractivity contribution >= 4 is 17.2 Å². The lowest BCUT2D eigenvalue weighted by Gasteiger charge is -2.21. The van der Waals surface area contributed by atoms with Gasteiger partial charge in [0, 0.05) is 38.0 Å². The molecule has 6 nitrogen and oxygen atoms in total. The van der Waals surface area contributed by atoms with Crippen molar-refractivity contribution in [3.8, 4) is 11.5 Å². The number of carbonyl (C=O) groups is 1. The molecular formula is C17H18N4O2S. The topological polar surface area (TPSA) is 72.1 Å². The van der Waals surface area contributed by atoms with E-state index in [9.17, 15) is 4.79 Å². The summed E-state index contributed by atoms with van der Waals surface area (Å²) in [5.41, 5.74) is 1.20. The number of nitrogens with zero attached hydrogens (tertiary/aromatic N) is 4. The normalized spacial score (nSPS) is 12.1. The minimum atomic E-state index is -0.0788. The number of amides is 1. The van der Waals surface area contributed by atoms with Gasteiger partial charge in [-0.2, -0.15) is 0 Å². The van der Waals surface area contributed by atoms with Crippen LogP contribution in [0.5, 0.6) is 0 Å². The zero-order valence-corrected chi connectivity index (χ0v) is 14.6. The number of likely N-dealkylation sites (N-methyl/N-ethyl adjacent to an activating group) is 1. The van der Waals surface area contributed by atoms with E-state index < -0.39 is 0 Å². The van der Waals surface area contributed by atoms with Crippen LogP contribution in [0.25, 0.3) is 11.5 Å². The first-order valence-electron chi connectivity index (χ1n) is 7.60. The fourth-order valence-electron chi connectivity index (χ4n) is 2.52. The highest BCUT2D eigenvalue weighted by Gasteiger charge is 2.21. The number of aryl methyl sites for hydroxylation is 1. The average molecular weight is 342 g/mol. The van der Waals surface area contributed by atoms with Crippen LogP contribution in [0.15, 0.2) is 40.3 Å². The number of rotatable bonds is 5. The van der Waals surface area contributed by atoms with Crippen LogP contribution in [0.1, 0.15) is 34.1 Å². The predicted molar refractivity (Wildman–Crippen MR) is 92.0 cm³/mol. The molecule has 0 N–H and O–H groups in total. The molecule has 3 rings (SSSR count). The summed E-state index contributed by atoms with van der Waals surface area (Å²) in [6.07, 6.45) is 1.78.